The van der Waals surface area contributed by atoms with Crippen LogP contribution in [0.2, 0.25) is 0 Å². The number of hydrogen-bond donors (Lipinski definition) is 0. The van der Waals surface area contributed by atoms with E-state index >= 15 is 0 Å². The second-order valence-corrected chi connectivity index (χ2v) is 2.26. The molecule has 11 heavy (non-hydrogen) atoms. The van der Waals surface area contributed by atoms with Crippen LogP contribution in [0.4, 0.5) is 0 Å². The number of rotatable bonds is 0. The van der Waals surface area contributed by atoms with Crippen LogP contribution in [0, 0.1) is 18.3 Å². The normalized spacial score (nSPS) is 8.73. The average Bonchev–Trinajstić information content (AvgIpc) is 2.16. The Balaban J connectivity index is 3.58. The van der Waals surface area contributed by atoms with Gasteiger partial charge in [0.1, 0.15) is 6.07 Å². The third kappa shape index (κ3) is 1.44. The highest BCUT2D eigenvalue weighted by atomic mass is 16.1. The average molecular weight is 145 g/mol. The van der Waals surface area contributed by atoms with E-state index in [1.165, 1.54) is 6.07 Å². The molecule has 0 saturated heterocycles. The van der Waals surface area contributed by atoms with E-state index in [0.29, 0.717) is 5.56 Å². The number of hydrogen-bond acceptors (Lipinski definition) is 2. The van der Waals surface area contributed by atoms with Crippen molar-refractivity contribution in [3.05, 3.63) is 45.6 Å². The fraction of sp³-hybridized carbons (Fsp3) is 0.111. The molecule has 0 spiro atoms. The van der Waals surface area contributed by atoms with Crippen LogP contribution in [0.25, 0.3) is 0 Å². The maximum Gasteiger partial charge on any atom is 0.199 e. The summed E-state index contributed by atoms with van der Waals surface area (Å²) in [5.74, 6) is 0. The van der Waals surface area contributed by atoms with Gasteiger partial charge in [-0.2, -0.15) is 5.26 Å². The van der Waals surface area contributed by atoms with Gasteiger partial charge in [0.2, 0.25) is 0 Å². The monoisotopic (exact) mass is 145 g/mol. The minimum Gasteiger partial charge on any atom is -0.288 e. The highest BCUT2D eigenvalue weighted by Gasteiger charge is 1.95. The molecule has 1 rings (SSSR count). The molecule has 54 valence electrons. The standard InChI is InChI=1S/C9H7NO/c1-7-4-2-3-5-8(6-10)9(7)11/h2-5H,1H3. The Morgan fingerprint density at radius 1 is 1.36 bits per heavy atom. The van der Waals surface area contributed by atoms with Crippen LogP contribution >= 0.6 is 0 Å². The smallest absolute Gasteiger partial charge is 0.199 e. The molecule has 0 aliphatic carbocycles. The molecule has 0 N–H and O–H groups in total. The van der Waals surface area contributed by atoms with Crippen LogP contribution in [-0.4, -0.2) is 0 Å². The summed E-state index contributed by atoms with van der Waals surface area (Å²) < 4.78 is 0. The molecule has 0 aromatic heterocycles. The lowest BCUT2D eigenvalue weighted by Crippen LogP contribution is -2.04. The molecule has 0 amide bonds. The number of nitrogens with zero attached hydrogens (tertiary/aromatic N) is 1. The fourth-order valence-corrected chi connectivity index (χ4v) is 0.804. The van der Waals surface area contributed by atoms with Gasteiger partial charge in [0, 0.05) is 0 Å². The molecule has 0 fully saturated rings. The second-order valence-electron chi connectivity index (χ2n) is 2.26. The summed E-state index contributed by atoms with van der Waals surface area (Å²) in [6, 6.07) is 8.50. The van der Waals surface area contributed by atoms with Crippen LogP contribution in [0.3, 0.4) is 0 Å². The molecular formula is C9H7NO. The van der Waals surface area contributed by atoms with E-state index in [1.54, 1.807) is 25.1 Å². The Hall–Kier alpha value is -1.62. The van der Waals surface area contributed by atoms with Crippen molar-refractivity contribution in [2.24, 2.45) is 0 Å². The van der Waals surface area contributed by atoms with Gasteiger partial charge in [-0.3, -0.25) is 4.79 Å². The van der Waals surface area contributed by atoms with Crippen molar-refractivity contribution >= 4 is 0 Å². The SMILES string of the molecule is Cc1ccccc(C#N)c1=O. The van der Waals surface area contributed by atoms with Crippen molar-refractivity contribution in [3.63, 3.8) is 0 Å². The van der Waals surface area contributed by atoms with Gasteiger partial charge in [-0.15, -0.1) is 0 Å². The Kier molecular flexibility index (Phi) is 2.03. The Labute approximate surface area is 64.7 Å². The minimum absolute atomic E-state index is 0.183. The van der Waals surface area contributed by atoms with Crippen molar-refractivity contribution in [2.75, 3.05) is 0 Å². The summed E-state index contributed by atoms with van der Waals surface area (Å²) in [5.41, 5.74) is 0.622. The fourth-order valence-electron chi connectivity index (χ4n) is 0.804. The third-order valence-electron chi connectivity index (χ3n) is 1.44. The second kappa shape index (κ2) is 2.98. The van der Waals surface area contributed by atoms with Crippen LogP contribution in [0.5, 0.6) is 0 Å². The molecule has 0 radical (unpaired) electrons. The van der Waals surface area contributed by atoms with E-state index in [-0.39, 0.29) is 11.0 Å². The van der Waals surface area contributed by atoms with Crippen molar-refractivity contribution in [3.8, 4) is 6.07 Å². The molecule has 0 heterocycles. The number of nitriles is 1. The van der Waals surface area contributed by atoms with Crippen LogP contribution in [0.15, 0.2) is 29.1 Å². The Bertz CT molecular complexity index is 363. The van der Waals surface area contributed by atoms with Gasteiger partial charge < -0.3 is 0 Å². The molecule has 1 aromatic carbocycles. The van der Waals surface area contributed by atoms with Gasteiger partial charge in [-0.25, -0.2) is 0 Å². The molecule has 0 atom stereocenters. The van der Waals surface area contributed by atoms with E-state index in [0.717, 1.165) is 0 Å². The molecule has 1 aromatic rings. The first-order valence-electron chi connectivity index (χ1n) is 3.26. The lowest BCUT2D eigenvalue weighted by atomic mass is 10.2. The van der Waals surface area contributed by atoms with Gasteiger partial charge in [-0.1, -0.05) is 18.2 Å². The maximum absolute atomic E-state index is 11.2. The van der Waals surface area contributed by atoms with Gasteiger partial charge in [-0.05, 0) is 18.6 Å². The molecule has 2 heteroatoms. The van der Waals surface area contributed by atoms with Crippen molar-refractivity contribution in [2.45, 2.75) is 6.92 Å². The summed E-state index contributed by atoms with van der Waals surface area (Å²) in [7, 11) is 0. The third-order valence-corrected chi connectivity index (χ3v) is 1.44. The number of aryl methyl sites for hydroxylation is 1. The van der Waals surface area contributed by atoms with Crippen LogP contribution < -0.4 is 5.43 Å². The zero-order chi connectivity index (χ0) is 8.27. The lowest BCUT2D eigenvalue weighted by Gasteiger charge is -1.79. The molecular weight excluding hydrogens is 138 g/mol. The molecule has 0 saturated carbocycles. The lowest BCUT2D eigenvalue weighted by molar-refractivity contribution is 1.39. The first-order chi connectivity index (χ1) is 5.25. The molecule has 0 aliphatic rings. The summed E-state index contributed by atoms with van der Waals surface area (Å²) in [6.45, 7) is 1.70. The molecule has 0 unspecified atom stereocenters. The van der Waals surface area contributed by atoms with E-state index in [4.69, 9.17) is 5.26 Å². The topological polar surface area (TPSA) is 40.9 Å². The van der Waals surface area contributed by atoms with E-state index in [2.05, 4.69) is 0 Å². The van der Waals surface area contributed by atoms with Gasteiger partial charge in [0.25, 0.3) is 0 Å². The summed E-state index contributed by atoms with van der Waals surface area (Å²) in [5, 5.41) is 8.50. The van der Waals surface area contributed by atoms with Crippen molar-refractivity contribution < 1.29 is 0 Å². The summed E-state index contributed by atoms with van der Waals surface area (Å²) in [4.78, 5) is 11.2. The van der Waals surface area contributed by atoms with E-state index < -0.39 is 0 Å². The summed E-state index contributed by atoms with van der Waals surface area (Å²) in [6.07, 6.45) is 0. The zero-order valence-corrected chi connectivity index (χ0v) is 6.16. The van der Waals surface area contributed by atoms with Gasteiger partial charge >= 0.3 is 0 Å². The predicted molar refractivity (Wildman–Crippen MR) is 42.2 cm³/mol. The zero-order valence-electron chi connectivity index (χ0n) is 6.16. The van der Waals surface area contributed by atoms with E-state index in [9.17, 15) is 4.79 Å². The molecule has 0 bridgehead atoms. The molecule has 2 nitrogen and oxygen atoms in total. The van der Waals surface area contributed by atoms with E-state index in [1.807, 2.05) is 6.07 Å². The first kappa shape index (κ1) is 7.49. The molecule has 0 aliphatic heterocycles. The summed E-state index contributed by atoms with van der Waals surface area (Å²) >= 11 is 0. The Morgan fingerprint density at radius 2 is 2.00 bits per heavy atom. The maximum atomic E-state index is 11.2. The quantitative estimate of drug-likeness (QED) is 0.550. The highest BCUT2D eigenvalue weighted by molar-refractivity contribution is 5.30. The van der Waals surface area contributed by atoms with Crippen LogP contribution in [0.1, 0.15) is 11.1 Å². The first-order valence-corrected chi connectivity index (χ1v) is 3.26. The van der Waals surface area contributed by atoms with Crippen LogP contribution in [-0.2, 0) is 0 Å². The minimum atomic E-state index is -0.183. The van der Waals surface area contributed by atoms with Gasteiger partial charge in [0.05, 0.1) is 5.56 Å². The van der Waals surface area contributed by atoms with Crippen molar-refractivity contribution in [1.29, 1.82) is 5.26 Å². The van der Waals surface area contributed by atoms with Gasteiger partial charge in [0.15, 0.2) is 5.43 Å². The Morgan fingerprint density at radius 3 is 2.64 bits per heavy atom. The largest absolute Gasteiger partial charge is 0.288 e. The van der Waals surface area contributed by atoms with Crippen molar-refractivity contribution in [1.82, 2.24) is 0 Å². The predicted octanol–water partition coefficient (Wildman–Crippen LogP) is 1.23. The highest BCUT2D eigenvalue weighted by Crippen LogP contribution is 1.91.